The van der Waals surface area contributed by atoms with Crippen molar-refractivity contribution in [2.24, 2.45) is 5.73 Å². The van der Waals surface area contributed by atoms with Crippen LogP contribution >= 0.6 is 15.9 Å². The normalized spacial score (nSPS) is 11.8. The smallest absolute Gasteiger partial charge is 0.305 e. The second kappa shape index (κ2) is 6.44. The summed E-state index contributed by atoms with van der Waals surface area (Å²) in [7, 11) is 0. The third-order valence-electron chi connectivity index (χ3n) is 2.47. The second-order valence-electron chi connectivity index (χ2n) is 4.07. The molecule has 0 spiro atoms. The lowest BCUT2D eigenvalue weighted by Crippen LogP contribution is -2.37. The van der Waals surface area contributed by atoms with Crippen molar-refractivity contribution >= 4 is 39.2 Å². The highest BCUT2D eigenvalue weighted by atomic mass is 79.9. The van der Waals surface area contributed by atoms with E-state index in [0.717, 1.165) is 0 Å². The van der Waals surface area contributed by atoms with Crippen molar-refractivity contribution in [1.29, 1.82) is 0 Å². The van der Waals surface area contributed by atoms with Gasteiger partial charge in [0.1, 0.15) is 0 Å². The highest BCUT2D eigenvalue weighted by molar-refractivity contribution is 9.10. The Morgan fingerprint density at radius 3 is 2.65 bits per heavy atom. The topological polar surface area (TPSA) is 136 Å². The zero-order valence-corrected chi connectivity index (χ0v) is 12.0. The van der Waals surface area contributed by atoms with Gasteiger partial charge in [0.05, 0.1) is 23.1 Å². The number of nitro benzene ring substituents is 1. The van der Waals surface area contributed by atoms with Gasteiger partial charge in [0.15, 0.2) is 0 Å². The Morgan fingerprint density at radius 1 is 1.55 bits per heavy atom. The summed E-state index contributed by atoms with van der Waals surface area (Å²) in [6.07, 6.45) is -0.530. The minimum Gasteiger partial charge on any atom is -0.481 e. The predicted octanol–water partition coefficient (Wildman–Crippen LogP) is 1.41. The fourth-order valence-corrected chi connectivity index (χ4v) is 2.02. The van der Waals surface area contributed by atoms with Crippen LogP contribution in [0.15, 0.2) is 16.6 Å². The van der Waals surface area contributed by atoms with E-state index in [2.05, 4.69) is 21.2 Å². The van der Waals surface area contributed by atoms with Crippen LogP contribution in [0, 0.1) is 17.0 Å². The average Bonchev–Trinajstić information content (AvgIpc) is 2.30. The second-order valence-corrected chi connectivity index (χ2v) is 4.92. The van der Waals surface area contributed by atoms with Gasteiger partial charge in [-0.2, -0.15) is 0 Å². The molecule has 0 aromatic heterocycles. The van der Waals surface area contributed by atoms with Crippen LogP contribution in [0.5, 0.6) is 0 Å². The Morgan fingerprint density at radius 2 is 2.15 bits per heavy atom. The molecular weight excluding hydrogens is 334 g/mol. The Kier molecular flexibility index (Phi) is 5.17. The number of nitrogens with one attached hydrogen (secondary N) is 1. The molecule has 0 saturated heterocycles. The van der Waals surface area contributed by atoms with E-state index >= 15 is 0 Å². The Hall–Kier alpha value is -2.00. The first-order valence-electron chi connectivity index (χ1n) is 5.45. The van der Waals surface area contributed by atoms with Crippen LogP contribution in [-0.2, 0) is 9.59 Å². The number of carbonyl (C=O) groups is 2. The first-order valence-corrected chi connectivity index (χ1v) is 6.24. The van der Waals surface area contributed by atoms with E-state index in [0.29, 0.717) is 10.0 Å². The number of anilines is 1. The average molecular weight is 346 g/mol. The number of carboxylic acid groups (broad SMARTS) is 1. The molecule has 4 N–H and O–H groups in total. The van der Waals surface area contributed by atoms with Crippen LogP contribution in [0.3, 0.4) is 0 Å². The van der Waals surface area contributed by atoms with Gasteiger partial charge >= 0.3 is 5.97 Å². The van der Waals surface area contributed by atoms with E-state index in [-0.39, 0.29) is 11.4 Å². The highest BCUT2D eigenvalue weighted by Crippen LogP contribution is 2.30. The van der Waals surface area contributed by atoms with Gasteiger partial charge in [-0.15, -0.1) is 0 Å². The zero-order valence-electron chi connectivity index (χ0n) is 10.4. The van der Waals surface area contributed by atoms with Gasteiger partial charge in [-0.25, -0.2) is 0 Å². The molecule has 9 heteroatoms. The first-order chi connectivity index (χ1) is 9.22. The minimum atomic E-state index is -1.24. The lowest BCUT2D eigenvalue weighted by Gasteiger charge is -2.12. The maximum atomic E-state index is 11.7. The van der Waals surface area contributed by atoms with Gasteiger partial charge < -0.3 is 16.2 Å². The fraction of sp³-hybridized carbons (Fsp3) is 0.273. The van der Waals surface area contributed by atoms with E-state index in [1.165, 1.54) is 12.1 Å². The fourth-order valence-electron chi connectivity index (χ4n) is 1.46. The van der Waals surface area contributed by atoms with Crippen LogP contribution in [0.4, 0.5) is 11.4 Å². The molecule has 0 saturated carbocycles. The lowest BCUT2D eigenvalue weighted by atomic mass is 10.1. The number of halogens is 1. The summed E-state index contributed by atoms with van der Waals surface area (Å²) >= 11 is 3.16. The monoisotopic (exact) mass is 345 g/mol. The number of carbonyl (C=O) groups excluding carboxylic acids is 1. The van der Waals surface area contributed by atoms with Crippen LogP contribution in [0.2, 0.25) is 0 Å². The number of hydrogen-bond acceptors (Lipinski definition) is 5. The Labute approximate surface area is 122 Å². The molecule has 1 rings (SSSR count). The molecule has 0 aliphatic rings. The predicted molar refractivity (Wildman–Crippen MR) is 74.4 cm³/mol. The summed E-state index contributed by atoms with van der Waals surface area (Å²) in [5, 5.41) is 21.7. The van der Waals surface area contributed by atoms with Gasteiger partial charge in [-0.3, -0.25) is 19.7 Å². The van der Waals surface area contributed by atoms with Crippen molar-refractivity contribution < 1.29 is 19.6 Å². The Balaban J connectivity index is 2.97. The van der Waals surface area contributed by atoms with Crippen molar-refractivity contribution in [1.82, 2.24) is 0 Å². The quantitative estimate of drug-likeness (QED) is 0.545. The number of rotatable bonds is 5. The molecule has 0 aliphatic carbocycles. The van der Waals surface area contributed by atoms with E-state index < -0.39 is 29.3 Å². The van der Waals surface area contributed by atoms with E-state index in [9.17, 15) is 19.7 Å². The number of aryl methyl sites for hydroxylation is 1. The van der Waals surface area contributed by atoms with Crippen molar-refractivity contribution in [3.05, 3.63) is 32.3 Å². The minimum absolute atomic E-state index is 0.157. The van der Waals surface area contributed by atoms with Gasteiger partial charge in [-0.05, 0) is 28.9 Å². The van der Waals surface area contributed by atoms with Crippen LogP contribution < -0.4 is 11.1 Å². The van der Waals surface area contributed by atoms with Gasteiger partial charge in [0.25, 0.3) is 5.69 Å². The summed E-state index contributed by atoms with van der Waals surface area (Å²) in [5.41, 5.74) is 5.83. The molecule has 20 heavy (non-hydrogen) atoms. The van der Waals surface area contributed by atoms with Gasteiger partial charge in [0, 0.05) is 16.1 Å². The number of hydrogen-bond donors (Lipinski definition) is 3. The number of benzene rings is 1. The molecule has 1 atom stereocenters. The number of amides is 1. The first kappa shape index (κ1) is 16.1. The van der Waals surface area contributed by atoms with Gasteiger partial charge in [0.2, 0.25) is 5.91 Å². The van der Waals surface area contributed by atoms with Crippen molar-refractivity contribution in [2.45, 2.75) is 19.4 Å². The van der Waals surface area contributed by atoms with E-state index in [1.54, 1.807) is 6.92 Å². The number of nitrogens with two attached hydrogens (primary N) is 1. The van der Waals surface area contributed by atoms with Crippen LogP contribution in [0.25, 0.3) is 0 Å². The van der Waals surface area contributed by atoms with Crippen LogP contribution in [-0.4, -0.2) is 27.9 Å². The third kappa shape index (κ3) is 4.00. The van der Waals surface area contributed by atoms with Gasteiger partial charge in [-0.1, -0.05) is 0 Å². The maximum Gasteiger partial charge on any atom is 0.305 e. The standard InChI is InChI=1S/C11H12BrN3O5/c1-5-2-6(12)8(4-9(5)15(19)20)14-11(18)7(13)3-10(16)17/h2,4,7H,3,13H2,1H3,(H,14,18)(H,16,17). The third-order valence-corrected chi connectivity index (χ3v) is 3.13. The summed E-state index contributed by atoms with van der Waals surface area (Å²) in [4.78, 5) is 32.4. The number of carboxylic acids is 1. The molecule has 1 aromatic carbocycles. The molecule has 1 aromatic rings. The van der Waals surface area contributed by atoms with E-state index in [1.807, 2.05) is 0 Å². The number of nitrogens with zero attached hydrogens (tertiary/aromatic N) is 1. The van der Waals surface area contributed by atoms with Crippen molar-refractivity contribution in [2.75, 3.05) is 5.32 Å². The molecule has 0 aliphatic heterocycles. The molecule has 0 fully saturated rings. The highest BCUT2D eigenvalue weighted by Gasteiger charge is 2.20. The maximum absolute atomic E-state index is 11.7. The zero-order chi connectivity index (χ0) is 15.4. The van der Waals surface area contributed by atoms with Crippen LogP contribution in [0.1, 0.15) is 12.0 Å². The summed E-state index contributed by atoms with van der Waals surface area (Å²) in [5.74, 6) is -1.94. The molecule has 0 bridgehead atoms. The lowest BCUT2D eigenvalue weighted by molar-refractivity contribution is -0.385. The molecular formula is C11H12BrN3O5. The van der Waals surface area contributed by atoms with E-state index in [4.69, 9.17) is 10.8 Å². The summed E-state index contributed by atoms with van der Waals surface area (Å²) < 4.78 is 0.441. The molecule has 108 valence electrons. The van der Waals surface area contributed by atoms with Crippen molar-refractivity contribution in [3.63, 3.8) is 0 Å². The van der Waals surface area contributed by atoms with Crippen molar-refractivity contribution in [3.8, 4) is 0 Å². The largest absolute Gasteiger partial charge is 0.481 e. The summed E-state index contributed by atoms with van der Waals surface area (Å²) in [6.45, 7) is 1.56. The molecule has 8 nitrogen and oxygen atoms in total. The Bertz CT molecular complexity index is 575. The molecule has 0 radical (unpaired) electrons. The SMILES string of the molecule is Cc1cc(Br)c(NC(=O)C(N)CC(=O)O)cc1[N+](=O)[O-]. The molecule has 0 heterocycles. The molecule has 1 unspecified atom stereocenters. The summed E-state index contributed by atoms with van der Waals surface area (Å²) in [6, 6.07) is 1.43. The number of nitro groups is 1. The molecule has 1 amide bonds. The number of aliphatic carboxylic acids is 1.